The van der Waals surface area contributed by atoms with E-state index in [0.29, 0.717) is 17.0 Å². The van der Waals surface area contributed by atoms with Crippen LogP contribution < -0.4 is 21.3 Å². The van der Waals surface area contributed by atoms with Gasteiger partial charge in [0, 0.05) is 6.20 Å². The molecule has 158 valence electrons. The Hall–Kier alpha value is -4.14. The molecule has 0 aliphatic carbocycles. The van der Waals surface area contributed by atoms with E-state index >= 15 is 0 Å². The minimum Gasteiger partial charge on any atom is -0.497 e. The molecule has 0 aliphatic rings. The Morgan fingerprint density at radius 1 is 1.10 bits per heavy atom. The lowest BCUT2D eigenvalue weighted by atomic mass is 10.2. The van der Waals surface area contributed by atoms with Crippen molar-refractivity contribution in [2.75, 3.05) is 7.11 Å². The summed E-state index contributed by atoms with van der Waals surface area (Å²) in [7, 11) is 1.56. The molecule has 0 unspecified atom stereocenters. The normalized spacial score (nSPS) is 10.9. The van der Waals surface area contributed by atoms with E-state index in [0.717, 1.165) is 10.1 Å². The molecule has 1 aromatic carbocycles. The van der Waals surface area contributed by atoms with E-state index in [-0.39, 0.29) is 25.2 Å². The van der Waals surface area contributed by atoms with Crippen molar-refractivity contribution in [3.05, 3.63) is 93.2 Å². The molecule has 3 aromatic heterocycles. The number of amides is 1. The van der Waals surface area contributed by atoms with Gasteiger partial charge in [0.05, 0.1) is 32.0 Å². The van der Waals surface area contributed by atoms with Gasteiger partial charge in [-0.2, -0.15) is 0 Å². The molecule has 31 heavy (non-hydrogen) atoms. The third-order valence-electron chi connectivity index (χ3n) is 4.83. The largest absolute Gasteiger partial charge is 0.497 e. The molecule has 3 heterocycles. The lowest BCUT2D eigenvalue weighted by molar-refractivity contribution is -0.121. The van der Waals surface area contributed by atoms with Gasteiger partial charge in [-0.25, -0.2) is 9.78 Å². The molecule has 1 amide bonds. The quantitative estimate of drug-likeness (QED) is 0.486. The molecule has 1 N–H and O–H groups in total. The summed E-state index contributed by atoms with van der Waals surface area (Å²) >= 11 is 0. The number of aromatic nitrogens is 3. The zero-order chi connectivity index (χ0) is 21.8. The molecule has 9 heteroatoms. The number of furan rings is 1. The van der Waals surface area contributed by atoms with E-state index in [4.69, 9.17) is 9.15 Å². The lowest BCUT2D eigenvalue weighted by Gasteiger charge is -2.14. The summed E-state index contributed by atoms with van der Waals surface area (Å²) in [4.78, 5) is 42.8. The van der Waals surface area contributed by atoms with Crippen LogP contribution in [0.4, 0.5) is 0 Å². The van der Waals surface area contributed by atoms with Gasteiger partial charge < -0.3 is 14.5 Å². The number of fused-ring (bicyclic) bond motifs is 1. The molecule has 9 nitrogen and oxygen atoms in total. The molecule has 0 saturated heterocycles. The van der Waals surface area contributed by atoms with Crippen molar-refractivity contribution in [3.63, 3.8) is 0 Å². The van der Waals surface area contributed by atoms with Gasteiger partial charge in [0.2, 0.25) is 5.91 Å². The highest BCUT2D eigenvalue weighted by Gasteiger charge is 2.16. The predicted molar refractivity (Wildman–Crippen MR) is 113 cm³/mol. The summed E-state index contributed by atoms with van der Waals surface area (Å²) in [6.07, 6.45) is 2.99. The summed E-state index contributed by atoms with van der Waals surface area (Å²) in [5, 5.41) is 2.71. The monoisotopic (exact) mass is 420 g/mol. The van der Waals surface area contributed by atoms with Crippen LogP contribution in [0, 0.1) is 0 Å². The fourth-order valence-corrected chi connectivity index (χ4v) is 3.25. The highest BCUT2D eigenvalue weighted by Crippen LogP contribution is 2.12. The van der Waals surface area contributed by atoms with E-state index < -0.39 is 17.2 Å². The predicted octanol–water partition coefficient (Wildman–Crippen LogP) is 1.52. The summed E-state index contributed by atoms with van der Waals surface area (Å²) in [6.45, 7) is -0.0188. The van der Waals surface area contributed by atoms with E-state index in [2.05, 4.69) is 10.3 Å². The van der Waals surface area contributed by atoms with Gasteiger partial charge in [-0.3, -0.25) is 18.7 Å². The second-order valence-electron chi connectivity index (χ2n) is 6.84. The lowest BCUT2D eigenvalue weighted by Crippen LogP contribution is -2.43. The number of nitrogens with one attached hydrogen (secondary N) is 1. The molecular formula is C22H20N4O5. The Balaban J connectivity index is 1.69. The van der Waals surface area contributed by atoms with E-state index in [1.54, 1.807) is 55.6 Å². The van der Waals surface area contributed by atoms with Crippen LogP contribution in [0.25, 0.3) is 11.0 Å². The summed E-state index contributed by atoms with van der Waals surface area (Å²) < 4.78 is 12.7. The van der Waals surface area contributed by atoms with Crippen LogP contribution in [-0.2, 0) is 24.4 Å². The number of ether oxygens (including phenoxy) is 1. The smallest absolute Gasteiger partial charge is 0.332 e. The third kappa shape index (κ3) is 4.25. The zero-order valence-corrected chi connectivity index (χ0v) is 16.8. The van der Waals surface area contributed by atoms with Crippen molar-refractivity contribution in [3.8, 4) is 5.75 Å². The first-order chi connectivity index (χ1) is 15.1. The van der Waals surface area contributed by atoms with Gasteiger partial charge >= 0.3 is 5.69 Å². The average Bonchev–Trinajstić information content (AvgIpc) is 3.32. The van der Waals surface area contributed by atoms with Crippen LogP contribution in [0.3, 0.4) is 0 Å². The van der Waals surface area contributed by atoms with Crippen LogP contribution in [0.2, 0.25) is 0 Å². The topological polar surface area (TPSA) is 108 Å². The van der Waals surface area contributed by atoms with Crippen molar-refractivity contribution >= 4 is 16.9 Å². The molecule has 0 radical (unpaired) electrons. The first-order valence-electron chi connectivity index (χ1n) is 9.57. The second kappa shape index (κ2) is 8.70. The average molecular weight is 420 g/mol. The molecule has 4 rings (SSSR count). The molecule has 0 spiro atoms. The molecule has 0 fully saturated rings. The number of carbonyl (C=O) groups excluding carboxylic acids is 1. The Bertz CT molecular complexity index is 1320. The Morgan fingerprint density at radius 2 is 1.90 bits per heavy atom. The molecule has 0 bridgehead atoms. The number of rotatable bonds is 7. The maximum Gasteiger partial charge on any atom is 0.332 e. The summed E-state index contributed by atoms with van der Waals surface area (Å²) in [6, 6.07) is 13.7. The van der Waals surface area contributed by atoms with Crippen LogP contribution in [-0.4, -0.2) is 27.1 Å². The third-order valence-corrected chi connectivity index (χ3v) is 4.83. The molecule has 0 atom stereocenters. The minimum atomic E-state index is -0.588. The highest BCUT2D eigenvalue weighted by molar-refractivity contribution is 5.79. The Morgan fingerprint density at radius 3 is 2.61 bits per heavy atom. The van der Waals surface area contributed by atoms with Crippen LogP contribution >= 0.6 is 0 Å². The Kier molecular flexibility index (Phi) is 5.65. The summed E-state index contributed by atoms with van der Waals surface area (Å²) in [5.41, 5.74) is 0.0632. The van der Waals surface area contributed by atoms with Gasteiger partial charge in [-0.15, -0.1) is 0 Å². The molecule has 0 aliphatic heterocycles. The number of methoxy groups -OCH3 is 1. The van der Waals surface area contributed by atoms with Crippen molar-refractivity contribution in [2.45, 2.75) is 19.6 Å². The number of nitrogens with zero attached hydrogens (tertiary/aromatic N) is 3. The zero-order valence-electron chi connectivity index (χ0n) is 16.8. The van der Waals surface area contributed by atoms with Gasteiger partial charge in [0.25, 0.3) is 5.56 Å². The van der Waals surface area contributed by atoms with Crippen LogP contribution in [0.15, 0.2) is 75.0 Å². The van der Waals surface area contributed by atoms with Crippen molar-refractivity contribution in [1.82, 2.24) is 19.4 Å². The molecule has 0 saturated carbocycles. The van der Waals surface area contributed by atoms with E-state index in [1.165, 1.54) is 17.0 Å². The number of hydrogen-bond acceptors (Lipinski definition) is 6. The Labute approximate surface area is 176 Å². The van der Waals surface area contributed by atoms with Crippen LogP contribution in [0.5, 0.6) is 5.75 Å². The maximum absolute atomic E-state index is 13.2. The minimum absolute atomic E-state index is 0.0438. The van der Waals surface area contributed by atoms with Crippen LogP contribution in [0.1, 0.15) is 11.3 Å². The highest BCUT2D eigenvalue weighted by atomic mass is 16.5. The van der Waals surface area contributed by atoms with E-state index in [1.807, 2.05) is 0 Å². The first kappa shape index (κ1) is 20.1. The van der Waals surface area contributed by atoms with Crippen molar-refractivity contribution < 1.29 is 13.9 Å². The number of pyridine rings is 1. The van der Waals surface area contributed by atoms with Gasteiger partial charge in [0.1, 0.15) is 18.1 Å². The number of hydrogen-bond donors (Lipinski definition) is 1. The fraction of sp³-hybridized carbons (Fsp3) is 0.182. The van der Waals surface area contributed by atoms with Crippen molar-refractivity contribution in [1.29, 1.82) is 0 Å². The maximum atomic E-state index is 13.2. The molecule has 4 aromatic rings. The van der Waals surface area contributed by atoms with Gasteiger partial charge in [-0.05, 0) is 42.0 Å². The van der Waals surface area contributed by atoms with Crippen molar-refractivity contribution in [2.24, 2.45) is 0 Å². The number of carbonyl (C=O) groups is 1. The standard InChI is InChI=1S/C22H20N4O5/c1-30-16-8-6-15(7-9-16)13-26-21(28)20-18(5-2-10-23-20)25(22(26)29)14-19(27)24-12-17-4-3-11-31-17/h2-11H,12-14H2,1H3,(H,24,27). The first-order valence-corrected chi connectivity index (χ1v) is 9.57. The fourth-order valence-electron chi connectivity index (χ4n) is 3.25. The number of benzene rings is 1. The second-order valence-corrected chi connectivity index (χ2v) is 6.84. The SMILES string of the molecule is COc1ccc(Cn2c(=O)c3ncccc3n(CC(=O)NCc3ccco3)c2=O)cc1. The van der Waals surface area contributed by atoms with Gasteiger partial charge in [0.15, 0.2) is 5.52 Å². The van der Waals surface area contributed by atoms with E-state index in [9.17, 15) is 14.4 Å². The van der Waals surface area contributed by atoms with Gasteiger partial charge in [-0.1, -0.05) is 12.1 Å². The summed E-state index contributed by atoms with van der Waals surface area (Å²) in [5.74, 6) is 0.872. The molecular weight excluding hydrogens is 400 g/mol.